The Balaban J connectivity index is 1.32. The predicted octanol–water partition coefficient (Wildman–Crippen LogP) is 3.10. The van der Waals surface area contributed by atoms with Crippen LogP contribution in [0.5, 0.6) is 0 Å². The zero-order valence-corrected chi connectivity index (χ0v) is 15.3. The Morgan fingerprint density at radius 2 is 1.96 bits per heavy atom. The van der Waals surface area contributed by atoms with E-state index in [2.05, 4.69) is 32.9 Å². The first kappa shape index (κ1) is 16.4. The second-order valence-corrected chi connectivity index (χ2v) is 6.88. The number of hydrogen-bond acceptors (Lipinski definition) is 4. The van der Waals surface area contributed by atoms with Crippen molar-refractivity contribution in [1.82, 2.24) is 24.8 Å². The maximum absolute atomic E-state index is 12.8. The first-order valence-electron chi connectivity index (χ1n) is 9.09. The number of hydrogen-bond donors (Lipinski definition) is 1. The van der Waals surface area contributed by atoms with E-state index >= 15 is 0 Å². The maximum atomic E-state index is 12.8. The van der Waals surface area contributed by atoms with Crippen molar-refractivity contribution in [2.24, 2.45) is 0 Å². The number of anilines is 1. The Hall–Kier alpha value is -3.74. The average molecular weight is 370 g/mol. The number of nitrogens with zero attached hydrogens (tertiary/aromatic N) is 5. The van der Waals surface area contributed by atoms with Gasteiger partial charge >= 0.3 is 0 Å². The molecule has 0 atom stereocenters. The van der Waals surface area contributed by atoms with Crippen LogP contribution in [0, 0.1) is 0 Å². The van der Waals surface area contributed by atoms with Crippen LogP contribution < -0.4 is 5.32 Å². The second-order valence-electron chi connectivity index (χ2n) is 6.88. The molecule has 28 heavy (non-hydrogen) atoms. The van der Waals surface area contributed by atoms with Crippen LogP contribution in [0.1, 0.15) is 18.1 Å². The van der Waals surface area contributed by atoms with Crippen LogP contribution in [0.15, 0.2) is 66.5 Å². The minimum atomic E-state index is -0.0838. The molecular weight excluding hydrogens is 352 g/mol. The van der Waals surface area contributed by atoms with E-state index in [0.717, 1.165) is 27.7 Å². The molecule has 1 aliphatic carbocycles. The highest BCUT2D eigenvalue weighted by Crippen LogP contribution is 2.32. The number of fused-ring (bicyclic) bond motifs is 2. The molecule has 0 bridgehead atoms. The van der Waals surface area contributed by atoms with Gasteiger partial charge < -0.3 is 5.32 Å². The van der Waals surface area contributed by atoms with Crippen molar-refractivity contribution in [3.05, 3.63) is 77.6 Å². The summed E-state index contributed by atoms with van der Waals surface area (Å²) in [6.07, 6.45) is 4.11. The highest BCUT2D eigenvalue weighted by atomic mass is 16.1. The molecule has 0 saturated heterocycles. The minimum absolute atomic E-state index is 0.0838. The van der Waals surface area contributed by atoms with E-state index in [-0.39, 0.29) is 5.91 Å². The van der Waals surface area contributed by atoms with E-state index in [1.165, 1.54) is 5.56 Å². The van der Waals surface area contributed by atoms with Gasteiger partial charge in [-0.2, -0.15) is 5.10 Å². The molecule has 2 aromatic carbocycles. The summed E-state index contributed by atoms with van der Waals surface area (Å²) in [5.74, 6) is -0.0838. The van der Waals surface area contributed by atoms with Gasteiger partial charge in [0.15, 0.2) is 0 Å². The molecule has 0 aliphatic heterocycles. The van der Waals surface area contributed by atoms with Crippen molar-refractivity contribution in [1.29, 1.82) is 0 Å². The van der Waals surface area contributed by atoms with Gasteiger partial charge in [-0.05, 0) is 35.8 Å². The lowest BCUT2D eigenvalue weighted by atomic mass is 10.1. The molecule has 138 valence electrons. The lowest BCUT2D eigenvalue weighted by Gasteiger charge is -2.05. The molecule has 1 aliphatic rings. The SMILES string of the molecule is CC1=C(C(=O)Nc2cnn(Cn3nnc4ccccc43)c2)Cc2ccccc21. The standard InChI is InChI=1S/C21H18N6O/c1-14-17-7-3-2-6-15(17)10-18(14)21(28)23-16-11-22-26(12-16)13-27-20-9-5-4-8-19(20)24-25-27/h2-9,11-12H,10,13H2,1H3,(H,23,28). The van der Waals surface area contributed by atoms with Gasteiger partial charge in [0.1, 0.15) is 12.2 Å². The molecule has 0 unspecified atom stereocenters. The highest BCUT2D eigenvalue weighted by Gasteiger charge is 2.23. The summed E-state index contributed by atoms with van der Waals surface area (Å²) in [7, 11) is 0. The van der Waals surface area contributed by atoms with Gasteiger partial charge in [0.2, 0.25) is 0 Å². The van der Waals surface area contributed by atoms with Gasteiger partial charge in [-0.1, -0.05) is 41.6 Å². The highest BCUT2D eigenvalue weighted by molar-refractivity contribution is 6.10. The number of rotatable bonds is 4. The Bertz CT molecular complexity index is 1230. The number of aromatic nitrogens is 5. The number of amides is 1. The fourth-order valence-corrected chi connectivity index (χ4v) is 3.65. The molecule has 7 heteroatoms. The monoisotopic (exact) mass is 370 g/mol. The van der Waals surface area contributed by atoms with E-state index in [1.807, 2.05) is 43.3 Å². The average Bonchev–Trinajstić information content (AvgIpc) is 3.41. The van der Waals surface area contributed by atoms with Crippen LogP contribution in [-0.2, 0) is 17.9 Å². The Morgan fingerprint density at radius 1 is 1.14 bits per heavy atom. The van der Waals surface area contributed by atoms with Crippen LogP contribution in [0.2, 0.25) is 0 Å². The van der Waals surface area contributed by atoms with Crippen molar-refractivity contribution in [3.8, 4) is 0 Å². The molecular formula is C21H18N6O. The summed E-state index contributed by atoms with van der Waals surface area (Å²) in [6.45, 7) is 2.42. The number of benzene rings is 2. The zero-order chi connectivity index (χ0) is 19.1. The van der Waals surface area contributed by atoms with E-state index in [4.69, 9.17) is 0 Å². The molecule has 0 radical (unpaired) electrons. The minimum Gasteiger partial charge on any atom is -0.320 e. The lowest BCUT2D eigenvalue weighted by molar-refractivity contribution is -0.112. The molecule has 1 amide bonds. The van der Waals surface area contributed by atoms with Crippen molar-refractivity contribution >= 4 is 28.2 Å². The number of allylic oxidation sites excluding steroid dienone is 1. The molecule has 0 spiro atoms. The lowest BCUT2D eigenvalue weighted by Crippen LogP contribution is -2.15. The first-order chi connectivity index (χ1) is 13.7. The fraction of sp³-hybridized carbons (Fsp3) is 0.143. The van der Waals surface area contributed by atoms with Crippen LogP contribution in [0.25, 0.3) is 16.6 Å². The molecule has 2 heterocycles. The van der Waals surface area contributed by atoms with Gasteiger partial charge in [0.25, 0.3) is 5.91 Å². The van der Waals surface area contributed by atoms with Crippen LogP contribution in [0.3, 0.4) is 0 Å². The molecule has 2 aromatic heterocycles. The number of nitrogens with one attached hydrogen (secondary N) is 1. The van der Waals surface area contributed by atoms with Crippen molar-refractivity contribution in [3.63, 3.8) is 0 Å². The largest absolute Gasteiger partial charge is 0.320 e. The van der Waals surface area contributed by atoms with E-state index in [9.17, 15) is 4.79 Å². The Morgan fingerprint density at radius 3 is 2.86 bits per heavy atom. The van der Waals surface area contributed by atoms with E-state index in [1.54, 1.807) is 21.8 Å². The van der Waals surface area contributed by atoms with E-state index in [0.29, 0.717) is 18.8 Å². The predicted molar refractivity (Wildman–Crippen MR) is 107 cm³/mol. The maximum Gasteiger partial charge on any atom is 0.252 e. The van der Waals surface area contributed by atoms with Crippen molar-refractivity contribution in [2.45, 2.75) is 20.0 Å². The van der Waals surface area contributed by atoms with Gasteiger partial charge in [-0.3, -0.25) is 4.79 Å². The number of carbonyl (C=O) groups is 1. The molecule has 0 fully saturated rings. The molecule has 1 N–H and O–H groups in total. The van der Waals surface area contributed by atoms with Crippen LogP contribution >= 0.6 is 0 Å². The first-order valence-corrected chi connectivity index (χ1v) is 9.09. The van der Waals surface area contributed by atoms with Gasteiger partial charge in [0.05, 0.1) is 23.6 Å². The van der Waals surface area contributed by atoms with Crippen LogP contribution in [-0.4, -0.2) is 30.7 Å². The normalized spacial score (nSPS) is 13.2. The zero-order valence-electron chi connectivity index (χ0n) is 15.3. The summed E-state index contributed by atoms with van der Waals surface area (Å²) in [5.41, 5.74) is 6.62. The van der Waals surface area contributed by atoms with E-state index < -0.39 is 0 Å². The van der Waals surface area contributed by atoms with Crippen molar-refractivity contribution < 1.29 is 4.79 Å². The third kappa shape index (κ3) is 2.77. The summed E-state index contributed by atoms with van der Waals surface area (Å²) in [4.78, 5) is 12.8. The van der Waals surface area contributed by atoms with Gasteiger partial charge in [-0.15, -0.1) is 5.10 Å². The molecule has 7 nitrogen and oxygen atoms in total. The molecule has 0 saturated carbocycles. The summed E-state index contributed by atoms with van der Waals surface area (Å²) in [5, 5.41) is 15.6. The Labute approximate surface area is 161 Å². The summed E-state index contributed by atoms with van der Waals surface area (Å²) in [6, 6.07) is 15.9. The topological polar surface area (TPSA) is 77.6 Å². The van der Waals surface area contributed by atoms with Crippen LogP contribution in [0.4, 0.5) is 5.69 Å². The number of para-hydroxylation sites is 1. The third-order valence-electron chi connectivity index (χ3n) is 5.11. The molecule has 4 aromatic rings. The summed E-state index contributed by atoms with van der Waals surface area (Å²) < 4.78 is 3.50. The fourth-order valence-electron chi connectivity index (χ4n) is 3.65. The second kappa shape index (κ2) is 6.45. The number of carbonyl (C=O) groups excluding carboxylic acids is 1. The van der Waals surface area contributed by atoms with Gasteiger partial charge in [0, 0.05) is 12.0 Å². The summed E-state index contributed by atoms with van der Waals surface area (Å²) >= 11 is 0. The third-order valence-corrected chi connectivity index (χ3v) is 5.11. The smallest absolute Gasteiger partial charge is 0.252 e. The Kier molecular flexibility index (Phi) is 3.79. The quantitative estimate of drug-likeness (QED) is 0.599. The van der Waals surface area contributed by atoms with Crippen molar-refractivity contribution in [2.75, 3.05) is 5.32 Å². The molecule has 5 rings (SSSR count). The van der Waals surface area contributed by atoms with Gasteiger partial charge in [-0.25, -0.2) is 9.36 Å².